The fourth-order valence-electron chi connectivity index (χ4n) is 1.62. The van der Waals surface area contributed by atoms with Gasteiger partial charge in [0, 0.05) is 12.8 Å². The van der Waals surface area contributed by atoms with E-state index >= 15 is 0 Å². The number of anilines is 1. The Balaban J connectivity index is 2.34. The van der Waals surface area contributed by atoms with Gasteiger partial charge in [-0.1, -0.05) is 0 Å². The molecule has 0 aliphatic heterocycles. The lowest BCUT2D eigenvalue weighted by molar-refractivity contribution is -0.148. The van der Waals surface area contributed by atoms with Crippen LogP contribution in [0.15, 0.2) is 24.3 Å². The average molecular weight is 358 g/mol. The molecule has 0 aromatic heterocycles. The fourth-order valence-corrected chi connectivity index (χ4v) is 2.32. The number of methoxy groups -OCH3 is 1. The number of carbonyl (C=O) groups excluding carboxylic acids is 2. The number of nitrogens with one attached hydrogen (secondary N) is 2. The van der Waals surface area contributed by atoms with Crippen LogP contribution in [-0.2, 0) is 19.1 Å². The Morgan fingerprint density at radius 3 is 2.46 bits per heavy atom. The maximum atomic E-state index is 12.8. The van der Waals surface area contributed by atoms with Gasteiger partial charge in [-0.15, -0.1) is 11.8 Å². The molecule has 0 aliphatic rings. The molecular weight excluding hydrogens is 339 g/mol. The van der Waals surface area contributed by atoms with Crippen molar-refractivity contribution >= 4 is 35.2 Å². The Kier molecular flexibility index (Phi) is 8.20. The van der Waals surface area contributed by atoms with E-state index in [4.69, 9.17) is 9.84 Å². The first-order valence-corrected chi connectivity index (χ1v) is 8.08. The predicted octanol–water partition coefficient (Wildman–Crippen LogP) is 1.10. The Morgan fingerprint density at radius 1 is 1.29 bits per heavy atom. The topological polar surface area (TPSA) is 105 Å². The Labute approximate surface area is 142 Å². The van der Waals surface area contributed by atoms with Crippen LogP contribution in [0, 0.1) is 5.82 Å². The first-order chi connectivity index (χ1) is 11.3. The summed E-state index contributed by atoms with van der Waals surface area (Å²) in [6.07, 6.45) is -1.12. The second-order valence-corrected chi connectivity index (χ2v) is 6.15. The van der Waals surface area contributed by atoms with Gasteiger partial charge in [0.1, 0.15) is 5.82 Å². The van der Waals surface area contributed by atoms with Crippen molar-refractivity contribution in [3.63, 3.8) is 0 Å². The second-order valence-electron chi connectivity index (χ2n) is 4.82. The minimum absolute atomic E-state index is 0.0264. The zero-order valence-corrected chi connectivity index (χ0v) is 14.1. The van der Waals surface area contributed by atoms with Crippen LogP contribution in [0.4, 0.5) is 10.1 Å². The molecule has 2 unspecified atom stereocenters. The number of benzene rings is 1. The van der Waals surface area contributed by atoms with Crippen LogP contribution in [0.3, 0.4) is 0 Å². The average Bonchev–Trinajstić information content (AvgIpc) is 2.54. The fraction of sp³-hybridized carbons (Fsp3) is 0.400. The van der Waals surface area contributed by atoms with Crippen LogP contribution in [0.5, 0.6) is 0 Å². The zero-order chi connectivity index (χ0) is 18.1. The summed E-state index contributed by atoms with van der Waals surface area (Å²) in [5, 5.41) is 13.3. The summed E-state index contributed by atoms with van der Waals surface area (Å²) < 4.78 is 17.5. The van der Waals surface area contributed by atoms with Crippen LogP contribution in [0.25, 0.3) is 0 Å². The molecule has 3 N–H and O–H groups in total. The molecule has 9 heteroatoms. The molecule has 2 amide bonds. The molecule has 1 aromatic rings. The number of aliphatic carboxylic acids is 1. The van der Waals surface area contributed by atoms with E-state index in [-0.39, 0.29) is 18.2 Å². The molecule has 0 bridgehead atoms. The third kappa shape index (κ3) is 6.97. The van der Waals surface area contributed by atoms with Crippen molar-refractivity contribution in [1.29, 1.82) is 0 Å². The molecule has 0 spiro atoms. The molecule has 0 saturated carbocycles. The summed E-state index contributed by atoms with van der Waals surface area (Å²) in [7, 11) is 1.24. The lowest BCUT2D eigenvalue weighted by atomic mass is 10.3. The zero-order valence-electron chi connectivity index (χ0n) is 13.2. The molecule has 1 rings (SSSR count). The van der Waals surface area contributed by atoms with Gasteiger partial charge in [-0.25, -0.2) is 9.18 Å². The highest BCUT2D eigenvalue weighted by molar-refractivity contribution is 8.01. The Morgan fingerprint density at radius 2 is 1.92 bits per heavy atom. The summed E-state index contributed by atoms with van der Waals surface area (Å²) >= 11 is 1.10. The summed E-state index contributed by atoms with van der Waals surface area (Å²) in [4.78, 5) is 34.4. The van der Waals surface area contributed by atoms with Crippen LogP contribution in [-0.4, -0.2) is 53.7 Å². The SMILES string of the molecule is COC(CNC(=O)C(C)SCC(=O)Nc1ccc(F)cc1)C(=O)O. The van der Waals surface area contributed by atoms with Gasteiger partial charge in [-0.05, 0) is 31.2 Å². The molecule has 0 fully saturated rings. The highest BCUT2D eigenvalue weighted by Gasteiger charge is 2.20. The van der Waals surface area contributed by atoms with Gasteiger partial charge in [0.05, 0.1) is 17.5 Å². The molecule has 0 radical (unpaired) electrons. The van der Waals surface area contributed by atoms with Crippen LogP contribution >= 0.6 is 11.8 Å². The van der Waals surface area contributed by atoms with Crippen molar-refractivity contribution < 1.29 is 28.6 Å². The molecule has 1 aromatic carbocycles. The number of ether oxygens (including phenoxy) is 1. The monoisotopic (exact) mass is 358 g/mol. The summed E-state index contributed by atoms with van der Waals surface area (Å²) in [6.45, 7) is 1.45. The highest BCUT2D eigenvalue weighted by atomic mass is 32.2. The summed E-state index contributed by atoms with van der Waals surface area (Å²) in [5.41, 5.74) is 0.462. The van der Waals surface area contributed by atoms with Gasteiger partial charge in [0.25, 0.3) is 0 Å². The minimum Gasteiger partial charge on any atom is -0.479 e. The lowest BCUT2D eigenvalue weighted by Crippen LogP contribution is -2.41. The summed E-state index contributed by atoms with van der Waals surface area (Å²) in [6, 6.07) is 5.33. The van der Waals surface area contributed by atoms with Gasteiger partial charge >= 0.3 is 5.97 Å². The number of hydrogen-bond donors (Lipinski definition) is 3. The van der Waals surface area contributed by atoms with Gasteiger partial charge in [-0.2, -0.15) is 0 Å². The molecule has 132 valence electrons. The molecule has 2 atom stereocenters. The van der Waals surface area contributed by atoms with E-state index < -0.39 is 29.0 Å². The normalized spacial score (nSPS) is 13.0. The van der Waals surface area contributed by atoms with Crippen molar-refractivity contribution in [3.05, 3.63) is 30.1 Å². The molecule has 7 nitrogen and oxygen atoms in total. The number of carboxylic acids is 1. The first kappa shape index (κ1) is 19.9. The lowest BCUT2D eigenvalue weighted by Gasteiger charge is -2.15. The molecule has 24 heavy (non-hydrogen) atoms. The largest absolute Gasteiger partial charge is 0.479 e. The van der Waals surface area contributed by atoms with E-state index in [2.05, 4.69) is 10.6 Å². The van der Waals surface area contributed by atoms with E-state index in [0.29, 0.717) is 5.69 Å². The van der Waals surface area contributed by atoms with E-state index in [1.54, 1.807) is 6.92 Å². The van der Waals surface area contributed by atoms with Gasteiger partial charge in [0.2, 0.25) is 11.8 Å². The van der Waals surface area contributed by atoms with Gasteiger partial charge in [-0.3, -0.25) is 9.59 Å². The van der Waals surface area contributed by atoms with Crippen molar-refractivity contribution in [2.24, 2.45) is 0 Å². The van der Waals surface area contributed by atoms with Crippen LogP contribution in [0.1, 0.15) is 6.92 Å². The number of carboxylic acid groups (broad SMARTS) is 1. The summed E-state index contributed by atoms with van der Waals surface area (Å²) in [5.74, 6) is -2.26. The second kappa shape index (κ2) is 9.89. The third-order valence-corrected chi connectivity index (χ3v) is 4.13. The van der Waals surface area contributed by atoms with Crippen molar-refractivity contribution in [2.45, 2.75) is 18.3 Å². The number of amides is 2. The third-order valence-electron chi connectivity index (χ3n) is 2.98. The Hall–Kier alpha value is -2.13. The van der Waals surface area contributed by atoms with Gasteiger partial charge in [0.15, 0.2) is 6.10 Å². The van der Waals surface area contributed by atoms with E-state index in [1.165, 1.54) is 31.4 Å². The van der Waals surface area contributed by atoms with E-state index in [0.717, 1.165) is 11.8 Å². The van der Waals surface area contributed by atoms with Crippen molar-refractivity contribution in [2.75, 3.05) is 24.7 Å². The molecular formula is C15H19FN2O5S. The van der Waals surface area contributed by atoms with Crippen molar-refractivity contribution in [3.8, 4) is 0 Å². The van der Waals surface area contributed by atoms with Crippen LogP contribution in [0.2, 0.25) is 0 Å². The number of hydrogen-bond acceptors (Lipinski definition) is 5. The van der Waals surface area contributed by atoms with E-state index in [1.807, 2.05) is 0 Å². The maximum absolute atomic E-state index is 12.8. The highest BCUT2D eigenvalue weighted by Crippen LogP contribution is 2.13. The quantitative estimate of drug-likeness (QED) is 0.611. The number of halogens is 1. The van der Waals surface area contributed by atoms with Crippen LogP contribution < -0.4 is 10.6 Å². The maximum Gasteiger partial charge on any atom is 0.334 e. The minimum atomic E-state index is -1.17. The smallest absolute Gasteiger partial charge is 0.334 e. The number of rotatable bonds is 9. The van der Waals surface area contributed by atoms with Crippen molar-refractivity contribution in [1.82, 2.24) is 5.32 Å². The van der Waals surface area contributed by atoms with E-state index in [9.17, 15) is 18.8 Å². The number of carbonyl (C=O) groups is 3. The molecule has 0 aliphatic carbocycles. The van der Waals surface area contributed by atoms with Gasteiger partial charge < -0.3 is 20.5 Å². The standard InChI is InChI=1S/C15H19FN2O5S/c1-9(14(20)17-7-12(23-2)15(21)22)24-8-13(19)18-11-5-3-10(16)4-6-11/h3-6,9,12H,7-8H2,1-2H3,(H,17,20)(H,18,19)(H,21,22). The molecule has 0 heterocycles. The Bertz CT molecular complexity index is 582. The predicted molar refractivity (Wildman–Crippen MR) is 88.4 cm³/mol. The molecule has 0 saturated heterocycles. The number of thioether (sulfide) groups is 1. The first-order valence-electron chi connectivity index (χ1n) is 7.03.